The van der Waals surface area contributed by atoms with E-state index >= 15 is 0 Å². The molecule has 3 nitrogen and oxygen atoms in total. The van der Waals surface area contributed by atoms with Crippen LogP contribution in [-0.4, -0.2) is 18.0 Å². The molecular weight excluding hydrogens is 224 g/mol. The van der Waals surface area contributed by atoms with Crippen LogP contribution in [0.3, 0.4) is 0 Å². The van der Waals surface area contributed by atoms with Gasteiger partial charge in [-0.3, -0.25) is 4.79 Å². The molecule has 1 amide bonds. The van der Waals surface area contributed by atoms with Gasteiger partial charge in [0.15, 0.2) is 0 Å². The lowest BCUT2D eigenvalue weighted by Crippen LogP contribution is -2.49. The Kier molecular flexibility index (Phi) is 9.98. The summed E-state index contributed by atoms with van der Waals surface area (Å²) in [6.07, 6.45) is 2.01. The highest BCUT2D eigenvalue weighted by Crippen LogP contribution is 2.09. The van der Waals surface area contributed by atoms with Gasteiger partial charge in [-0.05, 0) is 18.8 Å². The summed E-state index contributed by atoms with van der Waals surface area (Å²) in [6.45, 7) is 10.4. The van der Waals surface area contributed by atoms with Gasteiger partial charge in [0.1, 0.15) is 0 Å². The minimum Gasteiger partial charge on any atom is -0.352 e. The van der Waals surface area contributed by atoms with Gasteiger partial charge < -0.3 is 11.1 Å². The van der Waals surface area contributed by atoms with Crippen molar-refractivity contribution >= 4 is 18.3 Å². The lowest BCUT2D eigenvalue weighted by Gasteiger charge is -2.24. The maximum absolute atomic E-state index is 11.7. The summed E-state index contributed by atoms with van der Waals surface area (Å²) in [5.41, 5.74) is 5.85. The number of hydrogen-bond acceptors (Lipinski definition) is 2. The summed E-state index contributed by atoms with van der Waals surface area (Å²) in [6, 6.07) is -0.167. The predicted molar refractivity (Wildman–Crippen MR) is 71.7 cm³/mol. The van der Waals surface area contributed by atoms with Gasteiger partial charge in [0.25, 0.3) is 0 Å². The fourth-order valence-electron chi connectivity index (χ4n) is 1.33. The van der Waals surface area contributed by atoms with Crippen molar-refractivity contribution in [1.29, 1.82) is 0 Å². The van der Waals surface area contributed by atoms with E-state index in [1.807, 2.05) is 13.8 Å². The Hall–Kier alpha value is -0.280. The number of rotatable bonds is 6. The molecule has 0 fully saturated rings. The Morgan fingerprint density at radius 3 is 1.94 bits per heavy atom. The first-order valence-electron chi connectivity index (χ1n) is 5.99. The summed E-state index contributed by atoms with van der Waals surface area (Å²) < 4.78 is 0. The zero-order chi connectivity index (χ0) is 12.0. The second-order valence-electron chi connectivity index (χ2n) is 4.59. The van der Waals surface area contributed by atoms with Gasteiger partial charge in [0.2, 0.25) is 5.91 Å². The maximum Gasteiger partial charge on any atom is 0.237 e. The molecule has 0 aromatic rings. The quantitative estimate of drug-likeness (QED) is 0.760. The molecule has 0 bridgehead atoms. The third-order valence-corrected chi connectivity index (χ3v) is 3.43. The van der Waals surface area contributed by atoms with Crippen LogP contribution < -0.4 is 11.1 Å². The van der Waals surface area contributed by atoms with Crippen LogP contribution >= 0.6 is 12.4 Å². The van der Waals surface area contributed by atoms with Gasteiger partial charge in [-0.25, -0.2) is 0 Å². The third kappa shape index (κ3) is 5.71. The van der Waals surface area contributed by atoms with Crippen LogP contribution in [0, 0.1) is 11.8 Å². The Bertz CT molecular complexity index is 199. The average Bonchev–Trinajstić information content (AvgIpc) is 2.25. The van der Waals surface area contributed by atoms with E-state index in [-0.39, 0.29) is 36.3 Å². The first-order valence-corrected chi connectivity index (χ1v) is 5.99. The van der Waals surface area contributed by atoms with E-state index in [9.17, 15) is 4.79 Å². The average molecular weight is 251 g/mol. The zero-order valence-electron chi connectivity index (χ0n) is 11.1. The van der Waals surface area contributed by atoms with Crippen molar-refractivity contribution in [3.05, 3.63) is 0 Å². The zero-order valence-corrected chi connectivity index (χ0v) is 11.9. The minimum atomic E-state index is -0.374. The van der Waals surface area contributed by atoms with Gasteiger partial charge in [0, 0.05) is 6.04 Å². The molecule has 0 radical (unpaired) electrons. The minimum absolute atomic E-state index is 0. The molecule has 0 saturated carbocycles. The van der Waals surface area contributed by atoms with Crippen molar-refractivity contribution in [2.75, 3.05) is 0 Å². The third-order valence-electron chi connectivity index (χ3n) is 3.43. The molecule has 16 heavy (non-hydrogen) atoms. The highest BCUT2D eigenvalue weighted by Gasteiger charge is 2.22. The lowest BCUT2D eigenvalue weighted by atomic mass is 9.97. The number of amides is 1. The smallest absolute Gasteiger partial charge is 0.237 e. The van der Waals surface area contributed by atoms with E-state index in [0.29, 0.717) is 5.92 Å². The van der Waals surface area contributed by atoms with Crippen molar-refractivity contribution in [1.82, 2.24) is 5.32 Å². The lowest BCUT2D eigenvalue weighted by molar-refractivity contribution is -0.124. The summed E-state index contributed by atoms with van der Waals surface area (Å²) >= 11 is 0. The molecular formula is C12H27ClN2O. The standard InChI is InChI=1S/C12H26N2O.ClH/c1-6-8(3)10(5)14-12(15)11(13)9(4)7-2;/h8-11H,6-7,13H2,1-5H3,(H,14,15);1H. The maximum atomic E-state index is 11.7. The van der Waals surface area contributed by atoms with E-state index in [2.05, 4.69) is 26.1 Å². The number of hydrogen-bond donors (Lipinski definition) is 2. The number of nitrogens with two attached hydrogens (primary N) is 1. The van der Waals surface area contributed by atoms with Gasteiger partial charge in [0.05, 0.1) is 6.04 Å². The summed E-state index contributed by atoms with van der Waals surface area (Å²) in [5, 5.41) is 2.98. The Balaban J connectivity index is 0. The Morgan fingerprint density at radius 1 is 1.12 bits per heavy atom. The first kappa shape index (κ1) is 18.1. The predicted octanol–water partition coefficient (Wildman–Crippen LogP) is 2.33. The summed E-state index contributed by atoms with van der Waals surface area (Å²) in [5.74, 6) is 0.726. The molecule has 0 aliphatic carbocycles. The Morgan fingerprint density at radius 2 is 1.56 bits per heavy atom. The van der Waals surface area contributed by atoms with Crippen LogP contribution in [0.2, 0.25) is 0 Å². The fourth-order valence-corrected chi connectivity index (χ4v) is 1.33. The van der Waals surface area contributed by atoms with Gasteiger partial charge in [-0.15, -0.1) is 12.4 Å². The molecule has 0 rings (SSSR count). The van der Waals surface area contributed by atoms with Crippen LogP contribution in [0.25, 0.3) is 0 Å². The SMILES string of the molecule is CCC(C)C(C)NC(=O)C(N)C(C)CC.Cl. The van der Waals surface area contributed by atoms with E-state index in [0.717, 1.165) is 12.8 Å². The van der Waals surface area contributed by atoms with E-state index < -0.39 is 0 Å². The van der Waals surface area contributed by atoms with Crippen LogP contribution in [0.15, 0.2) is 0 Å². The highest BCUT2D eigenvalue weighted by atomic mass is 35.5. The van der Waals surface area contributed by atoms with Crippen molar-refractivity contribution in [3.63, 3.8) is 0 Å². The molecule has 0 aliphatic heterocycles. The molecule has 0 aromatic carbocycles. The number of carbonyl (C=O) groups is 1. The first-order chi connectivity index (χ1) is 6.93. The molecule has 3 N–H and O–H groups in total. The van der Waals surface area contributed by atoms with Crippen molar-refractivity contribution in [2.24, 2.45) is 17.6 Å². The molecule has 4 atom stereocenters. The summed E-state index contributed by atoms with van der Waals surface area (Å²) in [7, 11) is 0. The molecule has 4 heteroatoms. The molecule has 0 spiro atoms. The number of carbonyl (C=O) groups excluding carboxylic acids is 1. The van der Waals surface area contributed by atoms with Crippen LogP contribution in [0.4, 0.5) is 0 Å². The Labute approximate surface area is 106 Å². The van der Waals surface area contributed by atoms with Crippen LogP contribution in [-0.2, 0) is 4.79 Å². The van der Waals surface area contributed by atoms with Crippen molar-refractivity contribution in [2.45, 2.75) is 59.5 Å². The topological polar surface area (TPSA) is 55.1 Å². The monoisotopic (exact) mass is 250 g/mol. The van der Waals surface area contributed by atoms with Crippen LogP contribution in [0.5, 0.6) is 0 Å². The largest absolute Gasteiger partial charge is 0.352 e. The summed E-state index contributed by atoms with van der Waals surface area (Å²) in [4.78, 5) is 11.7. The fraction of sp³-hybridized carbons (Fsp3) is 0.917. The highest BCUT2D eigenvalue weighted by molar-refractivity contribution is 5.85. The van der Waals surface area contributed by atoms with Crippen LogP contribution in [0.1, 0.15) is 47.5 Å². The van der Waals surface area contributed by atoms with E-state index in [1.165, 1.54) is 0 Å². The molecule has 0 saturated heterocycles. The van der Waals surface area contributed by atoms with Crippen molar-refractivity contribution < 1.29 is 4.79 Å². The number of nitrogens with one attached hydrogen (secondary N) is 1. The molecule has 0 aromatic heterocycles. The normalized spacial score (nSPS) is 17.9. The van der Waals surface area contributed by atoms with E-state index in [4.69, 9.17) is 5.73 Å². The molecule has 0 aliphatic rings. The second kappa shape index (κ2) is 8.82. The number of halogens is 1. The van der Waals surface area contributed by atoms with Crippen molar-refractivity contribution in [3.8, 4) is 0 Å². The van der Waals surface area contributed by atoms with Gasteiger partial charge in [-0.1, -0.05) is 40.5 Å². The van der Waals surface area contributed by atoms with Gasteiger partial charge in [-0.2, -0.15) is 0 Å². The second-order valence-corrected chi connectivity index (χ2v) is 4.59. The molecule has 0 heterocycles. The molecule has 4 unspecified atom stereocenters. The molecule has 98 valence electrons. The van der Waals surface area contributed by atoms with E-state index in [1.54, 1.807) is 0 Å². The van der Waals surface area contributed by atoms with Gasteiger partial charge >= 0.3 is 0 Å².